The molecule has 3 heterocycles. The van der Waals surface area contributed by atoms with Crippen LogP contribution in [0.4, 0.5) is 0 Å². The summed E-state index contributed by atoms with van der Waals surface area (Å²) in [4.78, 5) is 13.9. The van der Waals surface area contributed by atoms with Crippen molar-refractivity contribution in [2.75, 3.05) is 26.2 Å². The molecule has 1 fully saturated rings. The molecule has 1 saturated heterocycles. The molecule has 1 aliphatic heterocycles. The summed E-state index contributed by atoms with van der Waals surface area (Å²) in [6, 6.07) is 6.57. The van der Waals surface area contributed by atoms with Gasteiger partial charge in [0.15, 0.2) is 10.3 Å². The molecule has 11 heteroatoms. The Hall–Kier alpha value is -1.91. The van der Waals surface area contributed by atoms with Crippen molar-refractivity contribution >= 4 is 33.2 Å². The Kier molecular flexibility index (Phi) is 6.17. The minimum Gasteiger partial charge on any atom is -0.348 e. The average molecular weight is 469 g/mol. The molecule has 160 valence electrons. The number of hydrogen-bond donors (Lipinski definition) is 1. The zero-order chi connectivity index (χ0) is 21.3. The summed E-state index contributed by atoms with van der Waals surface area (Å²) in [6.07, 6.45) is 3.95. The number of aromatic amines is 1. The van der Waals surface area contributed by atoms with Gasteiger partial charge >= 0.3 is 0 Å². The fourth-order valence-corrected chi connectivity index (χ4v) is 5.32. The van der Waals surface area contributed by atoms with E-state index in [0.29, 0.717) is 31.9 Å². The Labute approximate surface area is 185 Å². The fraction of sp³-hybridized carbons (Fsp3) is 0.368. The Balaban J connectivity index is 1.46. The number of rotatable bonds is 5. The minimum atomic E-state index is -3.58. The van der Waals surface area contributed by atoms with Crippen LogP contribution in [0.25, 0.3) is 5.69 Å². The van der Waals surface area contributed by atoms with Gasteiger partial charge in [0.05, 0.1) is 16.9 Å². The van der Waals surface area contributed by atoms with E-state index in [-0.39, 0.29) is 15.2 Å². The third kappa shape index (κ3) is 4.26. The molecule has 0 bridgehead atoms. The van der Waals surface area contributed by atoms with E-state index in [0.717, 1.165) is 24.4 Å². The van der Waals surface area contributed by atoms with Crippen LogP contribution < -0.4 is 0 Å². The summed E-state index contributed by atoms with van der Waals surface area (Å²) in [5.74, 6) is 0. The van der Waals surface area contributed by atoms with Gasteiger partial charge < -0.3 is 4.98 Å². The van der Waals surface area contributed by atoms with Crippen molar-refractivity contribution in [2.45, 2.75) is 24.8 Å². The number of halogens is 2. The number of nitrogens with one attached hydrogen (secondary N) is 1. The standard InChI is InChI=1S/C19H22Cl2N6O2S/c1-14-17(23-12-22-14)11-25-7-2-8-26(10-9-25)30(28,29)16-5-3-15(4-6-16)27-13-24-18(20)19(27)21/h3-6,12-13H,2,7-11H2,1H3,(H,22,23). The molecule has 0 atom stereocenters. The summed E-state index contributed by atoms with van der Waals surface area (Å²) in [5.41, 5.74) is 2.73. The quantitative estimate of drug-likeness (QED) is 0.621. The second-order valence-corrected chi connectivity index (χ2v) is 9.85. The maximum absolute atomic E-state index is 13.2. The van der Waals surface area contributed by atoms with Crippen LogP contribution in [0, 0.1) is 6.92 Å². The van der Waals surface area contributed by atoms with E-state index in [1.165, 1.54) is 6.33 Å². The first-order valence-corrected chi connectivity index (χ1v) is 11.8. The van der Waals surface area contributed by atoms with Gasteiger partial charge in [-0.05, 0) is 44.2 Å². The molecular weight excluding hydrogens is 447 g/mol. The predicted molar refractivity (Wildman–Crippen MR) is 116 cm³/mol. The lowest BCUT2D eigenvalue weighted by molar-refractivity contribution is 0.275. The van der Waals surface area contributed by atoms with Gasteiger partial charge in [-0.2, -0.15) is 4.31 Å². The summed E-state index contributed by atoms with van der Waals surface area (Å²) < 4.78 is 29.5. The highest BCUT2D eigenvalue weighted by Gasteiger charge is 2.27. The van der Waals surface area contributed by atoms with Crippen LogP contribution in [0.15, 0.2) is 41.8 Å². The normalized spacial score (nSPS) is 16.6. The van der Waals surface area contributed by atoms with Gasteiger partial charge in [-0.3, -0.25) is 9.47 Å². The van der Waals surface area contributed by atoms with E-state index in [1.54, 1.807) is 39.5 Å². The van der Waals surface area contributed by atoms with E-state index < -0.39 is 10.0 Å². The SMILES string of the molecule is Cc1[nH]cnc1CN1CCCN(S(=O)(=O)c2ccc(-n3cnc(Cl)c3Cl)cc2)CC1. The van der Waals surface area contributed by atoms with Crippen LogP contribution in [-0.2, 0) is 16.6 Å². The molecule has 30 heavy (non-hydrogen) atoms. The van der Waals surface area contributed by atoms with Crippen molar-refractivity contribution in [1.29, 1.82) is 0 Å². The number of H-pyrrole nitrogens is 1. The molecule has 4 rings (SSSR count). The van der Waals surface area contributed by atoms with Gasteiger partial charge in [0.25, 0.3) is 0 Å². The Morgan fingerprint density at radius 3 is 2.47 bits per heavy atom. The maximum Gasteiger partial charge on any atom is 0.243 e. The molecule has 0 aliphatic carbocycles. The number of imidazole rings is 2. The first-order chi connectivity index (χ1) is 14.4. The molecule has 0 unspecified atom stereocenters. The number of aromatic nitrogens is 4. The summed E-state index contributed by atoms with van der Waals surface area (Å²) in [6.45, 7) is 5.13. The number of benzene rings is 1. The highest BCUT2D eigenvalue weighted by Crippen LogP contribution is 2.25. The van der Waals surface area contributed by atoms with Gasteiger partial charge in [-0.1, -0.05) is 23.2 Å². The molecular formula is C19H22Cl2N6O2S. The fourth-order valence-electron chi connectivity index (χ4n) is 3.52. The van der Waals surface area contributed by atoms with E-state index >= 15 is 0 Å². The van der Waals surface area contributed by atoms with E-state index in [2.05, 4.69) is 19.9 Å². The molecule has 0 radical (unpaired) electrons. The number of aryl methyl sites for hydroxylation is 1. The summed E-state index contributed by atoms with van der Waals surface area (Å²) in [5, 5.41) is 0.486. The van der Waals surface area contributed by atoms with Crippen LogP contribution in [0.3, 0.4) is 0 Å². The second kappa shape index (κ2) is 8.68. The van der Waals surface area contributed by atoms with Crippen LogP contribution in [0.1, 0.15) is 17.8 Å². The maximum atomic E-state index is 13.2. The smallest absolute Gasteiger partial charge is 0.243 e. The van der Waals surface area contributed by atoms with Crippen LogP contribution in [-0.4, -0.2) is 63.3 Å². The third-order valence-corrected chi connectivity index (χ3v) is 7.92. The largest absolute Gasteiger partial charge is 0.348 e. The van der Waals surface area contributed by atoms with Crippen molar-refractivity contribution in [3.8, 4) is 5.69 Å². The van der Waals surface area contributed by atoms with E-state index in [9.17, 15) is 8.42 Å². The number of hydrogen-bond acceptors (Lipinski definition) is 5. The second-order valence-electron chi connectivity index (χ2n) is 7.20. The molecule has 2 aromatic heterocycles. The molecule has 3 aromatic rings. The van der Waals surface area contributed by atoms with Crippen molar-refractivity contribution in [1.82, 2.24) is 28.7 Å². The van der Waals surface area contributed by atoms with Gasteiger partial charge in [-0.15, -0.1) is 0 Å². The summed E-state index contributed by atoms with van der Waals surface area (Å²) in [7, 11) is -3.58. The molecule has 1 aliphatic rings. The first-order valence-electron chi connectivity index (χ1n) is 9.56. The van der Waals surface area contributed by atoms with Crippen molar-refractivity contribution in [3.63, 3.8) is 0 Å². The van der Waals surface area contributed by atoms with Gasteiger partial charge in [-0.25, -0.2) is 18.4 Å². The first kappa shape index (κ1) is 21.3. The van der Waals surface area contributed by atoms with Crippen LogP contribution in [0.2, 0.25) is 10.3 Å². The molecule has 8 nitrogen and oxygen atoms in total. The predicted octanol–water partition coefficient (Wildman–Crippen LogP) is 3.11. The average Bonchev–Trinajstić information content (AvgIpc) is 3.18. The van der Waals surface area contributed by atoms with E-state index in [1.807, 2.05) is 6.92 Å². The Morgan fingerprint density at radius 2 is 1.83 bits per heavy atom. The van der Waals surface area contributed by atoms with Gasteiger partial charge in [0.2, 0.25) is 10.0 Å². The lowest BCUT2D eigenvalue weighted by atomic mass is 10.3. The monoisotopic (exact) mass is 468 g/mol. The zero-order valence-electron chi connectivity index (χ0n) is 16.4. The van der Waals surface area contributed by atoms with Crippen LogP contribution >= 0.6 is 23.2 Å². The lowest BCUT2D eigenvalue weighted by Gasteiger charge is -2.21. The minimum absolute atomic E-state index is 0.201. The van der Waals surface area contributed by atoms with Gasteiger partial charge in [0.1, 0.15) is 6.33 Å². The summed E-state index contributed by atoms with van der Waals surface area (Å²) >= 11 is 12.0. The highest BCUT2D eigenvalue weighted by molar-refractivity contribution is 7.89. The van der Waals surface area contributed by atoms with Crippen molar-refractivity contribution in [3.05, 3.63) is 58.6 Å². The molecule has 0 spiro atoms. The Bertz CT molecular complexity index is 1130. The Morgan fingerprint density at radius 1 is 1.07 bits per heavy atom. The molecule has 0 saturated carbocycles. The molecule has 0 amide bonds. The third-order valence-electron chi connectivity index (χ3n) is 5.28. The number of sulfonamides is 1. The molecule has 1 N–H and O–H groups in total. The van der Waals surface area contributed by atoms with Crippen molar-refractivity contribution < 1.29 is 8.42 Å². The van der Waals surface area contributed by atoms with Gasteiger partial charge in [0, 0.05) is 37.6 Å². The highest BCUT2D eigenvalue weighted by atomic mass is 35.5. The molecule has 1 aromatic carbocycles. The zero-order valence-corrected chi connectivity index (χ0v) is 18.8. The lowest BCUT2D eigenvalue weighted by Crippen LogP contribution is -2.35. The van der Waals surface area contributed by atoms with Crippen molar-refractivity contribution in [2.24, 2.45) is 0 Å². The van der Waals surface area contributed by atoms with E-state index in [4.69, 9.17) is 23.2 Å². The van der Waals surface area contributed by atoms with Crippen LogP contribution in [0.5, 0.6) is 0 Å². The number of nitrogens with zero attached hydrogens (tertiary/aromatic N) is 5. The topological polar surface area (TPSA) is 87.1 Å².